The lowest BCUT2D eigenvalue weighted by Crippen LogP contribution is -2.60. The minimum atomic E-state index is -1.55. The summed E-state index contributed by atoms with van der Waals surface area (Å²) in [4.78, 5) is 13.2. The number of rotatable bonds is 81. The second-order valence-electron chi connectivity index (χ2n) is 31.4. The average Bonchev–Trinajstić information content (AvgIpc) is 0.840. The van der Waals surface area contributed by atoms with Crippen LogP contribution in [-0.2, 0) is 14.3 Å². The van der Waals surface area contributed by atoms with E-state index in [2.05, 4.69) is 19.2 Å². The number of nitrogens with one attached hydrogen (secondary N) is 1. The summed E-state index contributed by atoms with van der Waals surface area (Å²) in [5, 5.41) is 55.2. The summed E-state index contributed by atoms with van der Waals surface area (Å²) in [6.07, 6.45) is 94.1. The fourth-order valence-corrected chi connectivity index (χ4v) is 15.1. The van der Waals surface area contributed by atoms with Crippen molar-refractivity contribution in [3.63, 3.8) is 0 Å². The van der Waals surface area contributed by atoms with Crippen LogP contribution in [-0.4, -0.2) is 87.5 Å². The normalized spacial score (nSPS) is 17.3. The van der Waals surface area contributed by atoms with Crippen molar-refractivity contribution in [3.8, 4) is 0 Å². The lowest BCUT2D eigenvalue weighted by Gasteiger charge is -2.40. The molecule has 0 saturated carbocycles. The van der Waals surface area contributed by atoms with Gasteiger partial charge in [-0.2, -0.15) is 0 Å². The number of carbonyl (C=O) groups excluding carboxylic acids is 1. The number of hydrogen-bond acceptors (Lipinski definition) is 8. The van der Waals surface area contributed by atoms with Crippen LogP contribution in [0.3, 0.4) is 0 Å². The predicted octanol–water partition coefficient (Wildman–Crippen LogP) is 25.9. The third-order valence-electron chi connectivity index (χ3n) is 22.0. The monoisotopic (exact) mass is 1360 g/mol. The smallest absolute Gasteiger partial charge is 0.220 e. The van der Waals surface area contributed by atoms with E-state index in [1.165, 1.54) is 430 Å². The van der Waals surface area contributed by atoms with E-state index in [9.17, 15) is 30.3 Å². The maximum atomic E-state index is 13.2. The van der Waals surface area contributed by atoms with E-state index in [0.29, 0.717) is 12.8 Å². The van der Waals surface area contributed by atoms with Gasteiger partial charge in [0.15, 0.2) is 6.29 Å². The average molecular weight is 1360 g/mol. The third kappa shape index (κ3) is 64.1. The van der Waals surface area contributed by atoms with E-state index in [4.69, 9.17) is 9.47 Å². The molecule has 1 saturated heterocycles. The lowest BCUT2D eigenvalue weighted by atomic mass is 9.99. The summed E-state index contributed by atoms with van der Waals surface area (Å²) in [6, 6.07) is -0.717. The van der Waals surface area contributed by atoms with Crippen LogP contribution >= 0.6 is 0 Å². The van der Waals surface area contributed by atoms with Gasteiger partial charge in [0, 0.05) is 6.42 Å². The van der Waals surface area contributed by atoms with E-state index < -0.39 is 49.5 Å². The Balaban J connectivity index is 1.99. The number of amides is 1. The Kier molecular flexibility index (Phi) is 74.6. The van der Waals surface area contributed by atoms with Crippen LogP contribution in [0, 0.1) is 0 Å². The van der Waals surface area contributed by atoms with E-state index >= 15 is 0 Å². The lowest BCUT2D eigenvalue weighted by molar-refractivity contribution is -0.302. The molecular formula is C87H173NO8. The molecule has 96 heavy (non-hydrogen) atoms. The van der Waals surface area contributed by atoms with Crippen molar-refractivity contribution in [1.82, 2.24) is 5.32 Å². The minimum absolute atomic E-state index is 0.130. The van der Waals surface area contributed by atoms with Gasteiger partial charge in [-0.15, -0.1) is 0 Å². The van der Waals surface area contributed by atoms with Crippen LogP contribution < -0.4 is 5.32 Å². The van der Waals surface area contributed by atoms with Gasteiger partial charge in [0.1, 0.15) is 24.4 Å². The SMILES string of the molecule is CCCCCCCCCCCCCCCCCCCCCCCCCCCCCCCCCCCCCCCCCCCC(=O)NC(COC1OC(CO)C(O)C(O)C1O)C(O)CCCCCCCCCCCCCCCCCCCCCCCCCCCCCCCCCC. The van der Waals surface area contributed by atoms with Crippen LogP contribution in [0.4, 0.5) is 0 Å². The number of hydrogen-bond donors (Lipinski definition) is 6. The summed E-state index contributed by atoms with van der Waals surface area (Å²) in [6.45, 7) is 3.93. The predicted molar refractivity (Wildman–Crippen MR) is 415 cm³/mol. The van der Waals surface area contributed by atoms with Gasteiger partial charge < -0.3 is 40.3 Å². The second kappa shape index (κ2) is 76.8. The van der Waals surface area contributed by atoms with E-state index in [1.54, 1.807) is 0 Å². The highest BCUT2D eigenvalue weighted by atomic mass is 16.7. The maximum Gasteiger partial charge on any atom is 0.220 e. The molecule has 0 aromatic rings. The molecule has 0 aliphatic carbocycles. The molecule has 7 unspecified atom stereocenters. The van der Waals surface area contributed by atoms with Crippen LogP contribution in [0.15, 0.2) is 0 Å². The first-order valence-corrected chi connectivity index (χ1v) is 44.2. The Hall–Kier alpha value is -0.810. The molecule has 1 rings (SSSR count). The molecule has 574 valence electrons. The quantitative estimate of drug-likeness (QED) is 0.0330. The highest BCUT2D eigenvalue weighted by Crippen LogP contribution is 2.25. The third-order valence-corrected chi connectivity index (χ3v) is 22.0. The fraction of sp³-hybridized carbons (Fsp3) is 0.989. The number of aliphatic hydroxyl groups is 5. The molecule has 0 aromatic carbocycles. The molecule has 1 aliphatic heterocycles. The first-order valence-electron chi connectivity index (χ1n) is 44.2. The Morgan fingerprint density at radius 3 is 0.740 bits per heavy atom. The second-order valence-corrected chi connectivity index (χ2v) is 31.4. The fourth-order valence-electron chi connectivity index (χ4n) is 15.1. The van der Waals surface area contributed by atoms with Gasteiger partial charge in [0.05, 0.1) is 25.4 Å². The number of aliphatic hydroxyl groups excluding tert-OH is 5. The highest BCUT2D eigenvalue weighted by molar-refractivity contribution is 5.76. The standard InChI is InChI=1S/C87H173NO8/c1-3-5-7-9-11-13-15-17-19-21-23-25-27-29-31-33-35-37-38-39-40-41-42-43-44-45-47-49-51-53-55-57-59-61-63-65-67-69-71-73-75-77-83(91)88-80(79-95-87-86(94)85(93)84(92)82(78-89)96-87)81(90)76-74-72-70-68-66-64-62-60-58-56-54-52-50-48-46-36-34-32-30-28-26-24-22-20-18-16-14-12-10-8-6-4-2/h80-82,84-87,89-90,92-94H,3-79H2,1-2H3,(H,88,91). The van der Waals surface area contributed by atoms with Crippen molar-refractivity contribution in [2.75, 3.05) is 13.2 Å². The molecule has 0 spiro atoms. The molecule has 6 N–H and O–H groups in total. The van der Waals surface area contributed by atoms with Gasteiger partial charge in [-0.1, -0.05) is 476 Å². The zero-order valence-corrected chi connectivity index (χ0v) is 64.9. The zero-order chi connectivity index (χ0) is 69.2. The van der Waals surface area contributed by atoms with Gasteiger partial charge in [-0.3, -0.25) is 4.79 Å². The Morgan fingerprint density at radius 1 is 0.312 bits per heavy atom. The molecule has 0 aromatic heterocycles. The molecule has 1 fully saturated rings. The Morgan fingerprint density at radius 2 is 0.521 bits per heavy atom. The van der Waals surface area contributed by atoms with Crippen LogP contribution in [0.5, 0.6) is 0 Å². The zero-order valence-electron chi connectivity index (χ0n) is 64.9. The van der Waals surface area contributed by atoms with Gasteiger partial charge in [-0.05, 0) is 12.8 Å². The van der Waals surface area contributed by atoms with E-state index in [-0.39, 0.29) is 12.5 Å². The van der Waals surface area contributed by atoms with Crippen LogP contribution in [0.2, 0.25) is 0 Å². The number of unbranched alkanes of at least 4 members (excludes halogenated alkanes) is 71. The van der Waals surface area contributed by atoms with Crippen LogP contribution in [0.1, 0.15) is 495 Å². The first-order chi connectivity index (χ1) is 47.3. The van der Waals surface area contributed by atoms with Gasteiger partial charge in [0.25, 0.3) is 0 Å². The van der Waals surface area contributed by atoms with Gasteiger partial charge in [0.2, 0.25) is 5.91 Å². The highest BCUT2D eigenvalue weighted by Gasteiger charge is 2.44. The van der Waals surface area contributed by atoms with E-state index in [1.807, 2.05) is 0 Å². The van der Waals surface area contributed by atoms with Crippen molar-refractivity contribution in [2.45, 2.75) is 538 Å². The molecule has 9 nitrogen and oxygen atoms in total. The summed E-state index contributed by atoms with van der Waals surface area (Å²) in [5.74, 6) is -0.130. The van der Waals surface area contributed by atoms with E-state index in [0.717, 1.165) is 38.5 Å². The molecule has 9 heteroatoms. The molecular weight excluding hydrogens is 1190 g/mol. The largest absolute Gasteiger partial charge is 0.394 e. The topological polar surface area (TPSA) is 149 Å². The van der Waals surface area contributed by atoms with Crippen molar-refractivity contribution in [3.05, 3.63) is 0 Å². The maximum absolute atomic E-state index is 13.2. The summed E-state index contributed by atoms with van der Waals surface area (Å²) < 4.78 is 11.4. The first kappa shape index (κ1) is 93.2. The summed E-state index contributed by atoms with van der Waals surface area (Å²) in [5.41, 5.74) is 0. The molecule has 0 bridgehead atoms. The summed E-state index contributed by atoms with van der Waals surface area (Å²) >= 11 is 0. The van der Waals surface area contributed by atoms with Gasteiger partial charge >= 0.3 is 0 Å². The summed E-state index contributed by atoms with van der Waals surface area (Å²) in [7, 11) is 0. The minimum Gasteiger partial charge on any atom is -0.394 e. The van der Waals surface area contributed by atoms with Crippen molar-refractivity contribution >= 4 is 5.91 Å². The Bertz CT molecular complexity index is 1480. The van der Waals surface area contributed by atoms with Crippen LogP contribution in [0.25, 0.3) is 0 Å². The molecule has 0 radical (unpaired) electrons. The molecule has 7 atom stereocenters. The molecule has 1 aliphatic rings. The van der Waals surface area contributed by atoms with Crippen molar-refractivity contribution < 1.29 is 39.8 Å². The number of ether oxygens (including phenoxy) is 2. The Labute approximate surface area is 599 Å². The molecule has 1 heterocycles. The number of carbonyl (C=O) groups is 1. The molecule has 1 amide bonds. The van der Waals surface area contributed by atoms with Crippen molar-refractivity contribution in [1.29, 1.82) is 0 Å². The van der Waals surface area contributed by atoms with Crippen molar-refractivity contribution in [2.24, 2.45) is 0 Å². The van der Waals surface area contributed by atoms with Gasteiger partial charge in [-0.25, -0.2) is 0 Å².